The van der Waals surface area contributed by atoms with Gasteiger partial charge in [-0.2, -0.15) is 0 Å². The highest BCUT2D eigenvalue weighted by molar-refractivity contribution is 9.10. The van der Waals surface area contributed by atoms with Crippen LogP contribution in [-0.2, 0) is 0 Å². The molecular formula is C8H8BrClF3N. The Morgan fingerprint density at radius 1 is 1.21 bits per heavy atom. The summed E-state index contributed by atoms with van der Waals surface area (Å²) in [7, 11) is 0. The Balaban J connectivity index is 0.00000169. The molecular weight excluding hydrogens is 282 g/mol. The summed E-state index contributed by atoms with van der Waals surface area (Å²) in [6.07, 6.45) is -2.69. The molecule has 0 unspecified atom stereocenters. The third kappa shape index (κ3) is 3.48. The van der Waals surface area contributed by atoms with Crippen LogP contribution in [0.1, 0.15) is 11.6 Å². The summed E-state index contributed by atoms with van der Waals surface area (Å²) in [5.74, 6) is -0.583. The lowest BCUT2D eigenvalue weighted by Crippen LogP contribution is -2.18. The van der Waals surface area contributed by atoms with Crippen molar-refractivity contribution in [2.75, 3.05) is 0 Å². The number of nitrogens with two attached hydrogens (primary N) is 1. The summed E-state index contributed by atoms with van der Waals surface area (Å²) in [4.78, 5) is 0. The molecule has 0 aliphatic carbocycles. The van der Waals surface area contributed by atoms with Gasteiger partial charge in [0.15, 0.2) is 0 Å². The minimum atomic E-state index is -2.69. The molecule has 0 bridgehead atoms. The van der Waals surface area contributed by atoms with Gasteiger partial charge in [-0.1, -0.05) is 15.9 Å². The van der Waals surface area contributed by atoms with Crippen molar-refractivity contribution in [1.82, 2.24) is 0 Å². The van der Waals surface area contributed by atoms with Crippen molar-refractivity contribution in [3.63, 3.8) is 0 Å². The van der Waals surface area contributed by atoms with E-state index in [2.05, 4.69) is 15.9 Å². The Bertz CT molecular complexity index is 288. The topological polar surface area (TPSA) is 26.0 Å². The molecule has 0 aliphatic heterocycles. The van der Waals surface area contributed by atoms with Crippen LogP contribution in [0.25, 0.3) is 0 Å². The first-order valence-electron chi connectivity index (χ1n) is 3.50. The fourth-order valence-corrected chi connectivity index (χ4v) is 1.40. The van der Waals surface area contributed by atoms with E-state index in [4.69, 9.17) is 5.73 Å². The third-order valence-electron chi connectivity index (χ3n) is 1.54. The van der Waals surface area contributed by atoms with E-state index in [1.807, 2.05) is 0 Å². The van der Waals surface area contributed by atoms with E-state index in [0.29, 0.717) is 4.47 Å². The minimum absolute atomic E-state index is 0. The van der Waals surface area contributed by atoms with E-state index >= 15 is 0 Å². The Morgan fingerprint density at radius 3 is 2.21 bits per heavy atom. The van der Waals surface area contributed by atoms with Gasteiger partial charge in [-0.05, 0) is 23.8 Å². The molecule has 0 radical (unpaired) electrons. The zero-order valence-corrected chi connectivity index (χ0v) is 9.29. The maximum Gasteiger partial charge on any atom is 0.257 e. The average molecular weight is 291 g/mol. The van der Waals surface area contributed by atoms with Gasteiger partial charge in [-0.15, -0.1) is 12.4 Å². The smallest absolute Gasteiger partial charge is 0.257 e. The van der Waals surface area contributed by atoms with Crippen molar-refractivity contribution in [2.24, 2.45) is 5.73 Å². The van der Waals surface area contributed by atoms with Crippen LogP contribution in [0.4, 0.5) is 13.2 Å². The Kier molecular flexibility index (Phi) is 5.48. The molecule has 1 aromatic rings. The second-order valence-electron chi connectivity index (χ2n) is 2.56. The highest BCUT2D eigenvalue weighted by Crippen LogP contribution is 2.22. The summed E-state index contributed by atoms with van der Waals surface area (Å²) in [5.41, 5.74) is 5.22. The fourth-order valence-electron chi connectivity index (χ4n) is 0.913. The zero-order chi connectivity index (χ0) is 10.0. The SMILES string of the molecule is Cl.N[C@@H](c1cc(F)cc(Br)c1)C(F)F. The van der Waals surface area contributed by atoms with Gasteiger partial charge in [0.1, 0.15) is 5.82 Å². The van der Waals surface area contributed by atoms with Gasteiger partial charge >= 0.3 is 0 Å². The zero-order valence-electron chi connectivity index (χ0n) is 6.88. The van der Waals surface area contributed by atoms with Crippen LogP contribution in [0, 0.1) is 5.82 Å². The van der Waals surface area contributed by atoms with Gasteiger partial charge in [0.2, 0.25) is 0 Å². The second kappa shape index (κ2) is 5.58. The average Bonchev–Trinajstić information content (AvgIpc) is 2.01. The fraction of sp³-hybridized carbons (Fsp3) is 0.250. The standard InChI is InChI=1S/C8H7BrF3N.ClH/c9-5-1-4(2-6(10)3-5)7(13)8(11)12;/h1-3,7-8H,13H2;1H/t7-;/m0./s1. The maximum absolute atomic E-state index is 12.7. The Morgan fingerprint density at radius 2 is 1.79 bits per heavy atom. The van der Waals surface area contributed by atoms with E-state index < -0.39 is 18.3 Å². The summed E-state index contributed by atoms with van der Waals surface area (Å²) >= 11 is 2.99. The van der Waals surface area contributed by atoms with Crippen LogP contribution < -0.4 is 5.73 Å². The first-order chi connectivity index (χ1) is 6.00. The van der Waals surface area contributed by atoms with Gasteiger partial charge in [-0.3, -0.25) is 0 Å². The van der Waals surface area contributed by atoms with Gasteiger partial charge in [-0.25, -0.2) is 13.2 Å². The highest BCUT2D eigenvalue weighted by Gasteiger charge is 2.18. The number of halogens is 5. The summed E-state index contributed by atoms with van der Waals surface area (Å²) in [6, 6.07) is 2.12. The highest BCUT2D eigenvalue weighted by atomic mass is 79.9. The molecule has 0 amide bonds. The molecule has 6 heteroatoms. The number of hydrogen-bond acceptors (Lipinski definition) is 1. The molecule has 14 heavy (non-hydrogen) atoms. The molecule has 80 valence electrons. The molecule has 1 rings (SSSR count). The van der Waals surface area contributed by atoms with E-state index in [0.717, 1.165) is 6.07 Å². The lowest BCUT2D eigenvalue weighted by molar-refractivity contribution is 0.116. The maximum atomic E-state index is 12.7. The van der Waals surface area contributed by atoms with Crippen LogP contribution in [0.15, 0.2) is 22.7 Å². The molecule has 0 spiro atoms. The van der Waals surface area contributed by atoms with Crippen LogP contribution >= 0.6 is 28.3 Å². The largest absolute Gasteiger partial charge is 0.319 e. The van der Waals surface area contributed by atoms with Crippen molar-refractivity contribution in [2.45, 2.75) is 12.5 Å². The van der Waals surface area contributed by atoms with Crippen LogP contribution in [-0.4, -0.2) is 6.43 Å². The predicted octanol–water partition coefficient (Wildman–Crippen LogP) is 3.27. The van der Waals surface area contributed by atoms with E-state index in [9.17, 15) is 13.2 Å². The van der Waals surface area contributed by atoms with Gasteiger partial charge in [0, 0.05) is 4.47 Å². The lowest BCUT2D eigenvalue weighted by Gasteiger charge is -2.10. The van der Waals surface area contributed by atoms with Crippen LogP contribution in [0.3, 0.4) is 0 Å². The third-order valence-corrected chi connectivity index (χ3v) is 2.00. The molecule has 1 nitrogen and oxygen atoms in total. The molecule has 0 fully saturated rings. The van der Waals surface area contributed by atoms with Gasteiger partial charge in [0.25, 0.3) is 6.43 Å². The van der Waals surface area contributed by atoms with Crippen LogP contribution in [0.5, 0.6) is 0 Å². The lowest BCUT2D eigenvalue weighted by atomic mass is 10.1. The van der Waals surface area contributed by atoms with Crippen LogP contribution in [0.2, 0.25) is 0 Å². The molecule has 0 aliphatic rings. The van der Waals surface area contributed by atoms with Crippen molar-refractivity contribution >= 4 is 28.3 Å². The first kappa shape index (κ1) is 13.7. The van der Waals surface area contributed by atoms with Crippen molar-refractivity contribution < 1.29 is 13.2 Å². The summed E-state index contributed by atoms with van der Waals surface area (Å²) in [6.45, 7) is 0. The van der Waals surface area contributed by atoms with Crippen molar-refractivity contribution in [3.05, 3.63) is 34.1 Å². The van der Waals surface area contributed by atoms with Gasteiger partial charge < -0.3 is 5.73 Å². The normalized spacial score (nSPS) is 12.4. The summed E-state index contributed by atoms with van der Waals surface area (Å²) < 4.78 is 37.4. The number of alkyl halides is 2. The molecule has 1 atom stereocenters. The predicted molar refractivity (Wildman–Crippen MR) is 54.3 cm³/mol. The molecule has 2 N–H and O–H groups in total. The van der Waals surface area contributed by atoms with E-state index in [1.165, 1.54) is 12.1 Å². The number of benzene rings is 1. The molecule has 0 aromatic heterocycles. The van der Waals surface area contributed by atoms with Crippen molar-refractivity contribution in [3.8, 4) is 0 Å². The molecule has 0 heterocycles. The monoisotopic (exact) mass is 289 g/mol. The number of rotatable bonds is 2. The quantitative estimate of drug-likeness (QED) is 0.889. The van der Waals surface area contributed by atoms with E-state index in [-0.39, 0.29) is 18.0 Å². The van der Waals surface area contributed by atoms with Crippen molar-refractivity contribution in [1.29, 1.82) is 0 Å². The number of hydrogen-bond donors (Lipinski definition) is 1. The summed E-state index contributed by atoms with van der Waals surface area (Å²) in [5, 5.41) is 0. The minimum Gasteiger partial charge on any atom is -0.319 e. The molecule has 0 saturated heterocycles. The van der Waals surface area contributed by atoms with E-state index in [1.54, 1.807) is 0 Å². The Labute approximate surface area is 94.0 Å². The Hall–Kier alpha value is -0.260. The second-order valence-corrected chi connectivity index (χ2v) is 3.48. The van der Waals surface area contributed by atoms with Gasteiger partial charge in [0.05, 0.1) is 6.04 Å². The molecule has 0 saturated carbocycles. The molecule has 1 aromatic carbocycles. The first-order valence-corrected chi connectivity index (χ1v) is 4.29.